The molecule has 1 heterocycles. The molecule has 6 heteroatoms. The van der Waals surface area contributed by atoms with Crippen LogP contribution in [0.1, 0.15) is 55.1 Å². The first-order valence-electron chi connectivity index (χ1n) is 9.30. The van der Waals surface area contributed by atoms with Crippen LogP contribution in [0.3, 0.4) is 0 Å². The summed E-state index contributed by atoms with van der Waals surface area (Å²) >= 11 is 0. The molecule has 0 saturated carbocycles. The molecule has 1 aromatic carbocycles. The second-order valence-electron chi connectivity index (χ2n) is 6.90. The van der Waals surface area contributed by atoms with Crippen LogP contribution in [0, 0.1) is 6.92 Å². The first-order valence-corrected chi connectivity index (χ1v) is 9.30. The second-order valence-corrected chi connectivity index (χ2v) is 6.90. The van der Waals surface area contributed by atoms with E-state index in [0.29, 0.717) is 31.7 Å². The Bertz CT molecular complexity index is 679. The number of carbonyl (C=O) groups excluding carboxylic acids is 1. The molecule has 0 radical (unpaired) electrons. The first kappa shape index (κ1) is 20.1. The minimum Gasteiger partial charge on any atom is -0.354 e. The summed E-state index contributed by atoms with van der Waals surface area (Å²) in [6.45, 7) is 4.75. The van der Waals surface area contributed by atoms with Gasteiger partial charge in [-0.25, -0.2) is 0 Å². The summed E-state index contributed by atoms with van der Waals surface area (Å²) in [4.78, 5) is 18.6. The van der Waals surface area contributed by atoms with Crippen LogP contribution in [-0.4, -0.2) is 41.6 Å². The lowest BCUT2D eigenvalue weighted by Crippen LogP contribution is -2.34. The van der Waals surface area contributed by atoms with Crippen molar-refractivity contribution in [1.82, 2.24) is 20.4 Å². The lowest BCUT2D eigenvalue weighted by Gasteiger charge is -2.25. The van der Waals surface area contributed by atoms with Crippen molar-refractivity contribution in [2.75, 3.05) is 20.6 Å². The molecule has 2 aromatic rings. The Morgan fingerprint density at radius 2 is 1.96 bits per heavy atom. The third-order valence-electron chi connectivity index (χ3n) is 4.36. The predicted octanol–water partition coefficient (Wildman–Crippen LogP) is 3.07. The van der Waals surface area contributed by atoms with E-state index in [-0.39, 0.29) is 11.9 Å². The molecule has 6 nitrogen and oxygen atoms in total. The molecule has 1 N–H and O–H groups in total. The Balaban J connectivity index is 1.76. The molecule has 0 bridgehead atoms. The van der Waals surface area contributed by atoms with Gasteiger partial charge in [0.2, 0.25) is 11.8 Å². The average molecular weight is 358 g/mol. The van der Waals surface area contributed by atoms with Crippen molar-refractivity contribution in [3.8, 4) is 0 Å². The molecule has 2 rings (SSSR count). The lowest BCUT2D eigenvalue weighted by molar-refractivity contribution is -0.121. The van der Waals surface area contributed by atoms with E-state index in [2.05, 4.69) is 58.5 Å². The number of benzene rings is 1. The normalized spacial score (nSPS) is 12.3. The van der Waals surface area contributed by atoms with E-state index in [1.807, 2.05) is 14.1 Å². The van der Waals surface area contributed by atoms with E-state index in [4.69, 9.17) is 4.52 Å². The van der Waals surface area contributed by atoms with Crippen LogP contribution >= 0.6 is 0 Å². The zero-order valence-corrected chi connectivity index (χ0v) is 16.3. The van der Waals surface area contributed by atoms with Crippen LogP contribution in [0.4, 0.5) is 0 Å². The summed E-state index contributed by atoms with van der Waals surface area (Å²) in [5, 5.41) is 6.97. The highest BCUT2D eigenvalue weighted by molar-refractivity contribution is 5.75. The highest BCUT2D eigenvalue weighted by Crippen LogP contribution is 2.18. The summed E-state index contributed by atoms with van der Waals surface area (Å²) in [6.07, 6.45) is 3.62. The van der Waals surface area contributed by atoms with Crippen LogP contribution in [-0.2, 0) is 17.6 Å². The Morgan fingerprint density at radius 1 is 1.23 bits per heavy atom. The molecule has 0 saturated heterocycles. The largest absolute Gasteiger partial charge is 0.354 e. The van der Waals surface area contributed by atoms with Crippen molar-refractivity contribution in [3.63, 3.8) is 0 Å². The zero-order valence-electron chi connectivity index (χ0n) is 16.3. The Labute approximate surface area is 156 Å². The van der Waals surface area contributed by atoms with E-state index >= 15 is 0 Å². The van der Waals surface area contributed by atoms with Gasteiger partial charge in [0, 0.05) is 25.8 Å². The standard InChI is InChI=1S/C20H30N4O2/c1-5-7-18-22-20(26-23-18)9-6-8-19(25)21-14-17(24(3)4)16-12-10-15(2)11-13-16/h10-13,17H,5-9,14H2,1-4H3,(H,21,25). The molecule has 0 aliphatic carbocycles. The number of carbonyl (C=O) groups is 1. The monoisotopic (exact) mass is 358 g/mol. The maximum atomic E-state index is 12.2. The molecule has 26 heavy (non-hydrogen) atoms. The Morgan fingerprint density at radius 3 is 2.62 bits per heavy atom. The van der Waals surface area contributed by atoms with Gasteiger partial charge in [0.25, 0.3) is 0 Å². The highest BCUT2D eigenvalue weighted by atomic mass is 16.5. The number of nitrogens with one attached hydrogen (secondary N) is 1. The lowest BCUT2D eigenvalue weighted by atomic mass is 10.0. The minimum atomic E-state index is 0.0530. The fourth-order valence-corrected chi connectivity index (χ4v) is 2.80. The van der Waals surface area contributed by atoms with Crippen molar-refractivity contribution >= 4 is 5.91 Å². The summed E-state index contributed by atoms with van der Waals surface area (Å²) in [7, 11) is 4.06. The molecule has 1 unspecified atom stereocenters. The highest BCUT2D eigenvalue weighted by Gasteiger charge is 2.15. The number of rotatable bonds is 10. The fourth-order valence-electron chi connectivity index (χ4n) is 2.80. The predicted molar refractivity (Wildman–Crippen MR) is 102 cm³/mol. The number of hydrogen-bond donors (Lipinski definition) is 1. The van der Waals surface area contributed by atoms with Gasteiger partial charge in [0.1, 0.15) is 0 Å². The number of aromatic nitrogens is 2. The topological polar surface area (TPSA) is 71.3 Å². The van der Waals surface area contributed by atoms with Crippen molar-refractivity contribution in [3.05, 3.63) is 47.1 Å². The molecule has 0 aliphatic rings. The smallest absolute Gasteiger partial charge is 0.226 e. The van der Waals surface area contributed by atoms with E-state index in [0.717, 1.165) is 18.7 Å². The van der Waals surface area contributed by atoms with E-state index < -0.39 is 0 Å². The van der Waals surface area contributed by atoms with Gasteiger partial charge in [0.15, 0.2) is 5.82 Å². The van der Waals surface area contributed by atoms with Gasteiger partial charge in [0.05, 0.1) is 6.04 Å². The van der Waals surface area contributed by atoms with E-state index in [1.165, 1.54) is 11.1 Å². The van der Waals surface area contributed by atoms with Gasteiger partial charge >= 0.3 is 0 Å². The van der Waals surface area contributed by atoms with Gasteiger partial charge in [-0.2, -0.15) is 4.98 Å². The number of nitrogens with zero attached hydrogens (tertiary/aromatic N) is 3. The molecule has 1 amide bonds. The van der Waals surface area contributed by atoms with Crippen LogP contribution in [0.5, 0.6) is 0 Å². The van der Waals surface area contributed by atoms with Crippen LogP contribution < -0.4 is 5.32 Å². The van der Waals surface area contributed by atoms with Crippen molar-refractivity contribution in [2.45, 2.75) is 52.0 Å². The van der Waals surface area contributed by atoms with Crippen molar-refractivity contribution in [1.29, 1.82) is 0 Å². The molecular weight excluding hydrogens is 328 g/mol. The van der Waals surface area contributed by atoms with Gasteiger partial charge in [-0.1, -0.05) is 41.9 Å². The van der Waals surface area contributed by atoms with Crippen LogP contribution in [0.2, 0.25) is 0 Å². The Kier molecular flexibility index (Phi) is 7.78. The number of likely N-dealkylation sites (N-methyl/N-ethyl adjacent to an activating group) is 1. The summed E-state index contributed by atoms with van der Waals surface area (Å²) in [5.41, 5.74) is 2.44. The molecule has 142 valence electrons. The maximum Gasteiger partial charge on any atom is 0.226 e. The van der Waals surface area contributed by atoms with E-state index in [1.54, 1.807) is 0 Å². The summed E-state index contributed by atoms with van der Waals surface area (Å²) < 4.78 is 5.20. The number of hydrogen-bond acceptors (Lipinski definition) is 5. The third-order valence-corrected chi connectivity index (χ3v) is 4.36. The molecule has 1 atom stereocenters. The van der Waals surface area contributed by atoms with Gasteiger partial charge < -0.3 is 14.7 Å². The maximum absolute atomic E-state index is 12.2. The number of aryl methyl sites for hydroxylation is 3. The minimum absolute atomic E-state index is 0.0530. The average Bonchev–Trinajstić information content (AvgIpc) is 3.04. The molecule has 0 spiro atoms. The van der Waals surface area contributed by atoms with Gasteiger partial charge in [-0.05, 0) is 39.4 Å². The second kappa shape index (κ2) is 10.1. The first-order chi connectivity index (χ1) is 12.5. The van der Waals surface area contributed by atoms with Crippen molar-refractivity contribution < 1.29 is 9.32 Å². The number of amides is 1. The molecular formula is C20H30N4O2. The molecule has 1 aromatic heterocycles. The fraction of sp³-hybridized carbons (Fsp3) is 0.550. The molecule has 0 aliphatic heterocycles. The summed E-state index contributed by atoms with van der Waals surface area (Å²) in [5.74, 6) is 1.42. The van der Waals surface area contributed by atoms with Gasteiger partial charge in [-0.3, -0.25) is 4.79 Å². The Hall–Kier alpha value is -2.21. The van der Waals surface area contributed by atoms with E-state index in [9.17, 15) is 4.79 Å². The van der Waals surface area contributed by atoms with Crippen LogP contribution in [0.15, 0.2) is 28.8 Å². The SMILES string of the molecule is CCCc1noc(CCCC(=O)NCC(c2ccc(C)cc2)N(C)C)n1. The van der Waals surface area contributed by atoms with Crippen molar-refractivity contribution in [2.24, 2.45) is 0 Å². The third kappa shape index (κ3) is 6.26. The molecule has 0 fully saturated rings. The summed E-state index contributed by atoms with van der Waals surface area (Å²) in [6, 6.07) is 8.60. The quantitative estimate of drug-likeness (QED) is 0.707. The van der Waals surface area contributed by atoms with Crippen LogP contribution in [0.25, 0.3) is 0 Å². The zero-order chi connectivity index (χ0) is 18.9. The van der Waals surface area contributed by atoms with Gasteiger partial charge in [-0.15, -0.1) is 0 Å².